The van der Waals surface area contributed by atoms with Crippen LogP contribution in [0.15, 0.2) is 0 Å². The lowest BCUT2D eigenvalue weighted by atomic mass is 9.93. The fourth-order valence-electron chi connectivity index (χ4n) is 1.48. The van der Waals surface area contributed by atoms with Crippen LogP contribution in [0.25, 0.3) is 0 Å². The van der Waals surface area contributed by atoms with Crippen LogP contribution in [0.2, 0.25) is 0 Å². The lowest BCUT2D eigenvalue weighted by Gasteiger charge is -2.25. The fraction of sp³-hybridized carbons (Fsp3) is 0.875. The fourth-order valence-corrected chi connectivity index (χ4v) is 1.48. The Balaban J connectivity index is 2.26. The third-order valence-corrected chi connectivity index (χ3v) is 2.24. The zero-order chi connectivity index (χ0) is 9.84. The minimum absolute atomic E-state index is 0.190. The first-order valence-electron chi connectivity index (χ1n) is 4.36. The number of hydrogen-bond donors (Lipinski definition) is 2. The van der Waals surface area contributed by atoms with Crippen molar-refractivity contribution in [2.45, 2.75) is 44.3 Å². The van der Waals surface area contributed by atoms with E-state index in [0.29, 0.717) is 25.7 Å². The predicted molar refractivity (Wildman–Crippen MR) is 42.4 cm³/mol. The summed E-state index contributed by atoms with van der Waals surface area (Å²) >= 11 is 0. The van der Waals surface area contributed by atoms with Crippen molar-refractivity contribution < 1.29 is 18.7 Å². The molecular weight excluding hydrogens is 180 g/mol. The van der Waals surface area contributed by atoms with Crippen molar-refractivity contribution in [3.05, 3.63) is 0 Å². The van der Waals surface area contributed by atoms with Crippen molar-refractivity contribution in [2.75, 3.05) is 0 Å². The van der Waals surface area contributed by atoms with Crippen molar-refractivity contribution in [3.63, 3.8) is 0 Å². The molecule has 0 radical (unpaired) electrons. The number of rotatable bonds is 2. The quantitative estimate of drug-likeness (QED) is 0.677. The van der Waals surface area contributed by atoms with E-state index in [4.69, 9.17) is 5.11 Å². The molecule has 0 aromatic heterocycles. The van der Waals surface area contributed by atoms with Crippen LogP contribution in [0, 0.1) is 0 Å². The van der Waals surface area contributed by atoms with Gasteiger partial charge in [0.15, 0.2) is 0 Å². The summed E-state index contributed by atoms with van der Waals surface area (Å²) in [5.74, 6) is -1.21. The summed E-state index contributed by atoms with van der Waals surface area (Å²) in [6.07, 6.45) is -0.951. The second-order valence-electron chi connectivity index (χ2n) is 3.31. The van der Waals surface area contributed by atoms with Gasteiger partial charge in [-0.2, -0.15) is 8.78 Å². The number of hydrogen-bond acceptors (Lipinski definition) is 2. The number of aliphatic hydroxyl groups is 1. The molecule has 0 aliphatic heterocycles. The summed E-state index contributed by atoms with van der Waals surface area (Å²) in [4.78, 5) is 10.6. The summed E-state index contributed by atoms with van der Waals surface area (Å²) in [5, 5.41) is 11.3. The maximum absolute atomic E-state index is 11.8. The minimum atomic E-state index is -2.94. The monoisotopic (exact) mass is 193 g/mol. The van der Waals surface area contributed by atoms with E-state index in [2.05, 4.69) is 5.32 Å². The topological polar surface area (TPSA) is 49.3 Å². The first-order chi connectivity index (χ1) is 6.09. The zero-order valence-corrected chi connectivity index (χ0v) is 7.17. The van der Waals surface area contributed by atoms with E-state index in [-0.39, 0.29) is 12.1 Å². The SMILES string of the molecule is O=C(NC1CCC(O)CC1)C(F)F. The molecule has 1 saturated carbocycles. The van der Waals surface area contributed by atoms with E-state index in [9.17, 15) is 13.6 Å². The van der Waals surface area contributed by atoms with Crippen LogP contribution in [0.5, 0.6) is 0 Å². The van der Waals surface area contributed by atoms with Crippen LogP contribution in [0.3, 0.4) is 0 Å². The summed E-state index contributed by atoms with van der Waals surface area (Å²) in [6, 6.07) is -0.190. The summed E-state index contributed by atoms with van der Waals surface area (Å²) in [5.41, 5.74) is 0. The van der Waals surface area contributed by atoms with E-state index in [1.54, 1.807) is 0 Å². The van der Waals surface area contributed by atoms with Crippen LogP contribution >= 0.6 is 0 Å². The van der Waals surface area contributed by atoms with Crippen LogP contribution in [0.1, 0.15) is 25.7 Å². The smallest absolute Gasteiger partial charge is 0.315 e. The Kier molecular flexibility index (Phi) is 3.59. The van der Waals surface area contributed by atoms with Gasteiger partial charge in [-0.3, -0.25) is 4.79 Å². The molecule has 0 aromatic carbocycles. The van der Waals surface area contributed by atoms with Crippen LogP contribution in [0.4, 0.5) is 8.78 Å². The Morgan fingerprint density at radius 1 is 1.31 bits per heavy atom. The Bertz CT molecular complexity index is 179. The number of amides is 1. The van der Waals surface area contributed by atoms with Gasteiger partial charge in [0.25, 0.3) is 5.91 Å². The molecule has 1 amide bonds. The van der Waals surface area contributed by atoms with Gasteiger partial charge in [0.2, 0.25) is 0 Å². The predicted octanol–water partition coefficient (Wildman–Crippen LogP) is 0.671. The molecule has 1 aliphatic rings. The summed E-state index contributed by atoms with van der Waals surface area (Å²) in [7, 11) is 0. The molecule has 0 unspecified atom stereocenters. The van der Waals surface area contributed by atoms with Gasteiger partial charge in [-0.15, -0.1) is 0 Å². The molecule has 0 atom stereocenters. The lowest BCUT2D eigenvalue weighted by molar-refractivity contribution is -0.132. The Morgan fingerprint density at radius 3 is 2.31 bits per heavy atom. The standard InChI is InChI=1S/C8H13F2NO2/c9-7(10)8(13)11-5-1-3-6(12)4-2-5/h5-7,12H,1-4H2,(H,11,13). The van der Waals surface area contributed by atoms with Crippen LogP contribution in [-0.4, -0.2) is 29.6 Å². The van der Waals surface area contributed by atoms with Gasteiger partial charge in [0.1, 0.15) is 0 Å². The highest BCUT2D eigenvalue weighted by Crippen LogP contribution is 2.18. The van der Waals surface area contributed by atoms with E-state index in [1.165, 1.54) is 0 Å². The Labute approximate surface area is 75.1 Å². The van der Waals surface area contributed by atoms with Crippen molar-refractivity contribution in [1.29, 1.82) is 0 Å². The number of aliphatic hydroxyl groups excluding tert-OH is 1. The van der Waals surface area contributed by atoms with Crippen molar-refractivity contribution in [3.8, 4) is 0 Å². The molecule has 3 nitrogen and oxygen atoms in total. The maximum Gasteiger partial charge on any atom is 0.315 e. The highest BCUT2D eigenvalue weighted by molar-refractivity contribution is 5.79. The molecule has 0 heterocycles. The van der Waals surface area contributed by atoms with Crippen molar-refractivity contribution in [2.24, 2.45) is 0 Å². The maximum atomic E-state index is 11.8. The first-order valence-corrected chi connectivity index (χ1v) is 4.36. The van der Waals surface area contributed by atoms with Crippen LogP contribution in [-0.2, 0) is 4.79 Å². The number of alkyl halides is 2. The highest BCUT2D eigenvalue weighted by Gasteiger charge is 2.23. The second-order valence-corrected chi connectivity index (χ2v) is 3.31. The van der Waals surface area contributed by atoms with Crippen molar-refractivity contribution in [1.82, 2.24) is 5.32 Å². The van der Waals surface area contributed by atoms with E-state index in [1.807, 2.05) is 0 Å². The van der Waals surface area contributed by atoms with Gasteiger partial charge in [-0.1, -0.05) is 0 Å². The van der Waals surface area contributed by atoms with Gasteiger partial charge >= 0.3 is 6.43 Å². The molecule has 1 aliphatic carbocycles. The van der Waals surface area contributed by atoms with E-state index < -0.39 is 12.3 Å². The normalized spacial score (nSPS) is 28.9. The highest BCUT2D eigenvalue weighted by atomic mass is 19.3. The number of halogens is 2. The largest absolute Gasteiger partial charge is 0.393 e. The number of carbonyl (C=O) groups excluding carboxylic acids is 1. The molecule has 0 saturated heterocycles. The Hall–Kier alpha value is -0.710. The molecule has 13 heavy (non-hydrogen) atoms. The third kappa shape index (κ3) is 3.26. The second kappa shape index (κ2) is 4.50. The molecule has 0 bridgehead atoms. The van der Waals surface area contributed by atoms with Gasteiger partial charge in [0, 0.05) is 6.04 Å². The average molecular weight is 193 g/mol. The summed E-state index contributed by atoms with van der Waals surface area (Å²) in [6.45, 7) is 0. The Morgan fingerprint density at radius 2 is 1.85 bits per heavy atom. The number of carbonyl (C=O) groups is 1. The molecule has 1 rings (SSSR count). The first kappa shape index (κ1) is 10.4. The molecular formula is C8H13F2NO2. The zero-order valence-electron chi connectivity index (χ0n) is 7.17. The lowest BCUT2D eigenvalue weighted by Crippen LogP contribution is -2.41. The molecule has 0 aromatic rings. The van der Waals surface area contributed by atoms with E-state index in [0.717, 1.165) is 0 Å². The van der Waals surface area contributed by atoms with Gasteiger partial charge in [0.05, 0.1) is 6.10 Å². The van der Waals surface area contributed by atoms with Gasteiger partial charge < -0.3 is 10.4 Å². The molecule has 0 spiro atoms. The molecule has 1 fully saturated rings. The summed E-state index contributed by atoms with van der Waals surface area (Å²) < 4.78 is 23.6. The molecule has 2 N–H and O–H groups in total. The number of nitrogens with one attached hydrogen (secondary N) is 1. The third-order valence-electron chi connectivity index (χ3n) is 2.24. The van der Waals surface area contributed by atoms with E-state index >= 15 is 0 Å². The molecule has 5 heteroatoms. The van der Waals surface area contributed by atoms with Gasteiger partial charge in [-0.25, -0.2) is 0 Å². The minimum Gasteiger partial charge on any atom is -0.393 e. The average Bonchev–Trinajstić information content (AvgIpc) is 2.08. The van der Waals surface area contributed by atoms with Crippen molar-refractivity contribution >= 4 is 5.91 Å². The van der Waals surface area contributed by atoms with Crippen LogP contribution < -0.4 is 5.32 Å². The van der Waals surface area contributed by atoms with Gasteiger partial charge in [-0.05, 0) is 25.7 Å². The molecule has 76 valence electrons.